The Balaban J connectivity index is 2.82. The van der Waals surface area contributed by atoms with Gasteiger partial charge in [0.25, 0.3) is 0 Å². The van der Waals surface area contributed by atoms with Gasteiger partial charge in [0, 0.05) is 0 Å². The van der Waals surface area contributed by atoms with Crippen LogP contribution in [0.15, 0.2) is 24.3 Å². The van der Waals surface area contributed by atoms with Crippen LogP contribution in [0.4, 0.5) is 0 Å². The summed E-state index contributed by atoms with van der Waals surface area (Å²) in [6.07, 6.45) is 2.21. The molecular formula is C10H10S2. The minimum Gasteiger partial charge on any atom is -0.113 e. The topological polar surface area (TPSA) is 0 Å². The molecule has 0 saturated carbocycles. The van der Waals surface area contributed by atoms with Gasteiger partial charge in [0.15, 0.2) is 0 Å². The Morgan fingerprint density at radius 2 is 1.83 bits per heavy atom. The molecule has 0 saturated heterocycles. The average molecular weight is 194 g/mol. The minimum atomic E-state index is 0.0342. The Morgan fingerprint density at radius 1 is 1.17 bits per heavy atom. The molecule has 0 amide bonds. The van der Waals surface area contributed by atoms with E-state index >= 15 is 0 Å². The summed E-state index contributed by atoms with van der Waals surface area (Å²) in [5.74, 6) is 0. The molecular weight excluding hydrogens is 184 g/mol. The van der Waals surface area contributed by atoms with E-state index in [9.17, 15) is 0 Å². The molecule has 0 nitrogen and oxygen atoms in total. The highest BCUT2D eigenvalue weighted by molar-refractivity contribution is 8.80. The molecule has 0 aromatic heterocycles. The fourth-order valence-corrected chi connectivity index (χ4v) is 2.63. The summed E-state index contributed by atoms with van der Waals surface area (Å²) in [5.41, 5.74) is 0. The maximum Gasteiger partial charge on any atom is -0.0117 e. The van der Waals surface area contributed by atoms with Crippen LogP contribution in [0.5, 0.6) is 0 Å². The predicted molar refractivity (Wildman–Crippen MR) is 61.9 cm³/mol. The Labute approximate surface area is 79.4 Å². The molecule has 0 fully saturated rings. The van der Waals surface area contributed by atoms with Gasteiger partial charge in [-0.05, 0) is 33.7 Å². The third-order valence-corrected chi connectivity index (χ3v) is 4.36. The van der Waals surface area contributed by atoms with Gasteiger partial charge in [-0.25, -0.2) is 0 Å². The first kappa shape index (κ1) is 8.14. The summed E-state index contributed by atoms with van der Waals surface area (Å²) in [4.78, 5) is 1.34. The monoisotopic (exact) mass is 194 g/mol. The Kier molecular flexibility index (Phi) is 2.11. The molecule has 2 heteroatoms. The number of hydrogen-bond donors (Lipinski definition) is 1. The van der Waals surface area contributed by atoms with Gasteiger partial charge in [-0.15, -0.1) is 21.2 Å². The quantitative estimate of drug-likeness (QED) is 0.361. The third-order valence-electron chi connectivity index (χ3n) is 1.92. The Morgan fingerprint density at radius 3 is 2.58 bits per heavy atom. The van der Waals surface area contributed by atoms with Crippen LogP contribution in [-0.4, -0.2) is 4.86 Å². The van der Waals surface area contributed by atoms with Crippen molar-refractivity contribution >= 4 is 37.5 Å². The van der Waals surface area contributed by atoms with E-state index in [1.807, 2.05) is 0 Å². The van der Waals surface area contributed by atoms with E-state index in [0.29, 0.717) is 0 Å². The fraction of sp³-hybridized carbons (Fsp3) is 0.100. The molecule has 12 heavy (non-hydrogen) atoms. The summed E-state index contributed by atoms with van der Waals surface area (Å²) in [6.45, 7) is 2.13. The second-order valence-corrected chi connectivity index (χ2v) is 5.51. The van der Waals surface area contributed by atoms with E-state index in [0.717, 1.165) is 0 Å². The third kappa shape index (κ3) is 1.37. The van der Waals surface area contributed by atoms with Crippen LogP contribution in [-0.2, 0) is 0 Å². The van der Waals surface area contributed by atoms with E-state index in [1.165, 1.54) is 15.3 Å². The van der Waals surface area contributed by atoms with Crippen molar-refractivity contribution < 1.29 is 0 Å². The van der Waals surface area contributed by atoms with Crippen LogP contribution in [0.3, 0.4) is 0 Å². The van der Waals surface area contributed by atoms with Crippen molar-refractivity contribution in [3.8, 4) is 0 Å². The Hall–Kier alpha value is -0.470. The van der Waals surface area contributed by atoms with Crippen molar-refractivity contribution in [2.45, 2.75) is 6.92 Å². The predicted octanol–water partition coefficient (Wildman–Crippen LogP) is 1.52. The molecule has 0 radical (unpaired) electrons. The first-order valence-corrected chi connectivity index (χ1v) is 6.16. The highest BCUT2D eigenvalue weighted by Crippen LogP contribution is 2.23. The first-order valence-electron chi connectivity index (χ1n) is 3.82. The lowest BCUT2D eigenvalue weighted by Crippen LogP contribution is -2.26. The summed E-state index contributed by atoms with van der Waals surface area (Å²) < 4.78 is 0. The number of benzene rings is 1. The molecule has 1 heterocycles. The highest BCUT2D eigenvalue weighted by atomic mass is 33.1. The molecule has 0 N–H and O–H groups in total. The van der Waals surface area contributed by atoms with Gasteiger partial charge in [-0.3, -0.25) is 0 Å². The van der Waals surface area contributed by atoms with Crippen LogP contribution < -0.4 is 10.4 Å². The fourth-order valence-electron chi connectivity index (χ4n) is 1.24. The van der Waals surface area contributed by atoms with Gasteiger partial charge in [0.05, 0.1) is 0 Å². The zero-order valence-corrected chi connectivity index (χ0v) is 8.53. The van der Waals surface area contributed by atoms with Crippen LogP contribution in [0.1, 0.15) is 6.92 Å². The van der Waals surface area contributed by atoms with Gasteiger partial charge in [-0.1, -0.05) is 24.3 Å². The van der Waals surface area contributed by atoms with Gasteiger partial charge < -0.3 is 0 Å². The van der Waals surface area contributed by atoms with Crippen LogP contribution >= 0.6 is 21.2 Å². The van der Waals surface area contributed by atoms with Gasteiger partial charge in [0.1, 0.15) is 0 Å². The molecule has 0 aliphatic carbocycles. The maximum absolute atomic E-state index is 4.48. The van der Waals surface area contributed by atoms with Crippen LogP contribution in [0.2, 0.25) is 0 Å². The average Bonchev–Trinajstić information content (AvgIpc) is 2.07. The van der Waals surface area contributed by atoms with Crippen molar-refractivity contribution in [2.24, 2.45) is 0 Å². The number of thiol groups is 1. The normalized spacial score (nSPS) is 20.8. The molecule has 1 aliphatic rings. The van der Waals surface area contributed by atoms with Crippen molar-refractivity contribution in [1.82, 2.24) is 0 Å². The number of hydrogen-bond acceptors (Lipinski definition) is 1. The Bertz CT molecular complexity index is 412. The molecule has 1 aromatic rings. The maximum atomic E-state index is 4.48. The number of rotatable bonds is 0. The summed E-state index contributed by atoms with van der Waals surface area (Å²) in [6, 6.07) is 8.40. The lowest BCUT2D eigenvalue weighted by Gasteiger charge is -2.03. The van der Waals surface area contributed by atoms with Crippen LogP contribution in [0, 0.1) is 0 Å². The van der Waals surface area contributed by atoms with Crippen molar-refractivity contribution in [3.05, 3.63) is 34.7 Å². The van der Waals surface area contributed by atoms with E-state index < -0.39 is 0 Å². The lowest BCUT2D eigenvalue weighted by atomic mass is 10.2. The molecule has 2 rings (SSSR count). The molecule has 1 unspecified atom stereocenters. The molecule has 0 spiro atoms. The molecule has 1 aliphatic heterocycles. The zero-order valence-electron chi connectivity index (χ0n) is 6.82. The zero-order chi connectivity index (χ0) is 8.55. The van der Waals surface area contributed by atoms with E-state index in [1.54, 1.807) is 0 Å². The van der Waals surface area contributed by atoms with E-state index in [2.05, 4.69) is 54.3 Å². The smallest absolute Gasteiger partial charge is 0.0117 e. The molecule has 62 valence electrons. The molecule has 0 bridgehead atoms. The van der Waals surface area contributed by atoms with Crippen molar-refractivity contribution in [1.29, 1.82) is 0 Å². The second kappa shape index (κ2) is 3.11. The largest absolute Gasteiger partial charge is 0.113 e. The van der Waals surface area contributed by atoms with Crippen molar-refractivity contribution in [2.75, 3.05) is 0 Å². The SMILES string of the molecule is CC1=S(S)C=c2ccccc2=C1. The van der Waals surface area contributed by atoms with Gasteiger partial charge >= 0.3 is 0 Å². The van der Waals surface area contributed by atoms with Crippen LogP contribution in [0.25, 0.3) is 11.5 Å². The first-order chi connectivity index (χ1) is 5.77. The minimum absolute atomic E-state index is 0.0342. The standard InChI is InChI=1S/C10H10S2/c1-8-6-9-4-2-3-5-10(9)7-12(8)11/h2-7,11H,1H3. The van der Waals surface area contributed by atoms with Crippen molar-refractivity contribution in [3.63, 3.8) is 0 Å². The summed E-state index contributed by atoms with van der Waals surface area (Å²) >= 11 is 4.48. The molecule has 1 atom stereocenters. The number of fused-ring (bicyclic) bond motifs is 1. The second-order valence-electron chi connectivity index (χ2n) is 2.82. The van der Waals surface area contributed by atoms with E-state index in [-0.39, 0.29) is 9.52 Å². The summed E-state index contributed by atoms with van der Waals surface area (Å²) in [5, 5.41) is 4.84. The van der Waals surface area contributed by atoms with Gasteiger partial charge in [-0.2, -0.15) is 0 Å². The highest BCUT2D eigenvalue weighted by Gasteiger charge is 1.95. The lowest BCUT2D eigenvalue weighted by molar-refractivity contribution is 1.53. The summed E-state index contributed by atoms with van der Waals surface area (Å²) in [7, 11) is 0.0342. The van der Waals surface area contributed by atoms with Gasteiger partial charge in [0.2, 0.25) is 0 Å². The van der Waals surface area contributed by atoms with E-state index in [4.69, 9.17) is 0 Å². The molecule has 1 aromatic carbocycles.